The minimum atomic E-state index is -1.25. The summed E-state index contributed by atoms with van der Waals surface area (Å²) in [7, 11) is 0. The Balaban J connectivity index is 3.00. The number of carbonyl (C=O) groups is 1. The maximum Gasteiger partial charge on any atom is 0.328 e. The molecule has 3 N–H and O–H groups in total. The maximum atomic E-state index is 10.6. The summed E-state index contributed by atoms with van der Waals surface area (Å²) < 4.78 is 0. The Hall–Kier alpha value is -0.870. The molecule has 11 heavy (non-hydrogen) atoms. The Morgan fingerprint density at radius 2 is 2.45 bits per heavy atom. The summed E-state index contributed by atoms with van der Waals surface area (Å²) in [6, 6.07) is 1.72. The van der Waals surface area contributed by atoms with Crippen molar-refractivity contribution in [3.8, 4) is 0 Å². The number of carboxylic acid groups (broad SMARTS) is 1. The van der Waals surface area contributed by atoms with Crippen molar-refractivity contribution in [2.75, 3.05) is 0 Å². The predicted molar refractivity (Wildman–Crippen MR) is 43.5 cm³/mol. The van der Waals surface area contributed by atoms with Gasteiger partial charge in [-0.3, -0.25) is 0 Å². The molecule has 0 saturated carbocycles. The van der Waals surface area contributed by atoms with Gasteiger partial charge in [-0.1, -0.05) is 0 Å². The van der Waals surface area contributed by atoms with E-state index in [9.17, 15) is 4.79 Å². The summed E-state index contributed by atoms with van der Waals surface area (Å²) in [5.41, 5.74) is 4.93. The third-order valence-electron chi connectivity index (χ3n) is 1.57. The van der Waals surface area contributed by atoms with Crippen LogP contribution in [-0.2, 0) is 10.3 Å². The zero-order chi connectivity index (χ0) is 8.48. The van der Waals surface area contributed by atoms with Gasteiger partial charge < -0.3 is 10.8 Å². The second-order valence-corrected chi connectivity index (χ2v) is 3.30. The minimum Gasteiger partial charge on any atom is -0.480 e. The van der Waals surface area contributed by atoms with E-state index in [0.29, 0.717) is 5.56 Å². The largest absolute Gasteiger partial charge is 0.480 e. The van der Waals surface area contributed by atoms with Crippen molar-refractivity contribution in [1.82, 2.24) is 0 Å². The number of carboxylic acids is 1. The van der Waals surface area contributed by atoms with Gasteiger partial charge in [-0.15, -0.1) is 0 Å². The van der Waals surface area contributed by atoms with Crippen molar-refractivity contribution in [1.29, 1.82) is 0 Å². The van der Waals surface area contributed by atoms with Gasteiger partial charge in [0.1, 0.15) is 5.54 Å². The Kier molecular flexibility index (Phi) is 1.97. The highest BCUT2D eigenvalue weighted by Gasteiger charge is 2.30. The molecule has 0 aliphatic rings. The van der Waals surface area contributed by atoms with Crippen molar-refractivity contribution in [3.63, 3.8) is 0 Å². The van der Waals surface area contributed by atoms with E-state index in [4.69, 9.17) is 10.8 Å². The van der Waals surface area contributed by atoms with E-state index in [-0.39, 0.29) is 0 Å². The molecule has 0 bridgehead atoms. The molecular weight excluding hydrogens is 162 g/mol. The van der Waals surface area contributed by atoms with E-state index in [2.05, 4.69) is 0 Å². The summed E-state index contributed by atoms with van der Waals surface area (Å²) in [5.74, 6) is -1.00. The van der Waals surface area contributed by atoms with E-state index in [1.54, 1.807) is 11.4 Å². The number of rotatable bonds is 2. The normalized spacial score (nSPS) is 15.8. The standard InChI is InChI=1S/C7H9NO2S/c1-7(8,6(9)10)5-2-3-11-4-5/h2-4H,8H2,1H3,(H,9,10)/t7-/m0/s1. The topological polar surface area (TPSA) is 63.3 Å². The van der Waals surface area contributed by atoms with Crippen molar-refractivity contribution < 1.29 is 9.90 Å². The van der Waals surface area contributed by atoms with Gasteiger partial charge in [-0.2, -0.15) is 11.3 Å². The van der Waals surface area contributed by atoms with Crippen LogP contribution in [0.15, 0.2) is 16.8 Å². The van der Waals surface area contributed by atoms with Crippen LogP contribution in [0, 0.1) is 0 Å². The summed E-state index contributed by atoms with van der Waals surface area (Å²) in [6.07, 6.45) is 0. The molecule has 1 atom stereocenters. The quantitative estimate of drug-likeness (QED) is 0.698. The first-order chi connectivity index (χ1) is 5.05. The van der Waals surface area contributed by atoms with E-state index in [0.717, 1.165) is 0 Å². The molecule has 0 aliphatic carbocycles. The lowest BCUT2D eigenvalue weighted by Crippen LogP contribution is -2.41. The lowest BCUT2D eigenvalue weighted by Gasteiger charge is -2.16. The fourth-order valence-corrected chi connectivity index (χ4v) is 1.46. The van der Waals surface area contributed by atoms with E-state index in [1.165, 1.54) is 18.3 Å². The van der Waals surface area contributed by atoms with E-state index < -0.39 is 11.5 Å². The number of thiophene rings is 1. The van der Waals surface area contributed by atoms with Crippen LogP contribution >= 0.6 is 11.3 Å². The number of nitrogens with two attached hydrogens (primary N) is 1. The van der Waals surface area contributed by atoms with Crippen LogP contribution in [0.4, 0.5) is 0 Å². The molecule has 0 fully saturated rings. The van der Waals surface area contributed by atoms with Crippen LogP contribution < -0.4 is 5.73 Å². The molecule has 1 heterocycles. The lowest BCUT2D eigenvalue weighted by molar-refractivity contribution is -0.143. The molecule has 4 heteroatoms. The van der Waals surface area contributed by atoms with Crippen molar-refractivity contribution in [2.45, 2.75) is 12.5 Å². The molecular formula is C7H9NO2S. The zero-order valence-corrected chi connectivity index (χ0v) is 6.89. The second kappa shape index (κ2) is 2.64. The average molecular weight is 171 g/mol. The number of hydrogen-bond acceptors (Lipinski definition) is 3. The first-order valence-corrected chi connectivity index (χ1v) is 4.04. The zero-order valence-electron chi connectivity index (χ0n) is 6.07. The lowest BCUT2D eigenvalue weighted by atomic mass is 9.97. The smallest absolute Gasteiger partial charge is 0.328 e. The molecule has 0 spiro atoms. The van der Waals surface area contributed by atoms with Crippen LogP contribution in [0.2, 0.25) is 0 Å². The summed E-state index contributed by atoms with van der Waals surface area (Å²) in [5, 5.41) is 12.2. The third-order valence-corrected chi connectivity index (χ3v) is 2.25. The van der Waals surface area contributed by atoms with Crippen molar-refractivity contribution in [2.24, 2.45) is 5.73 Å². The van der Waals surface area contributed by atoms with Gasteiger partial charge in [0.05, 0.1) is 0 Å². The van der Waals surface area contributed by atoms with Gasteiger partial charge in [0.2, 0.25) is 0 Å². The Morgan fingerprint density at radius 1 is 1.82 bits per heavy atom. The van der Waals surface area contributed by atoms with Crippen molar-refractivity contribution in [3.05, 3.63) is 22.4 Å². The first-order valence-electron chi connectivity index (χ1n) is 3.10. The molecule has 1 aromatic rings. The molecule has 60 valence electrons. The summed E-state index contributed by atoms with van der Waals surface area (Å²) in [4.78, 5) is 10.6. The summed E-state index contributed by atoms with van der Waals surface area (Å²) >= 11 is 1.44. The van der Waals surface area contributed by atoms with Crippen LogP contribution in [0.5, 0.6) is 0 Å². The van der Waals surface area contributed by atoms with Crippen LogP contribution in [0.25, 0.3) is 0 Å². The minimum absolute atomic E-state index is 0.648. The fraction of sp³-hybridized carbons (Fsp3) is 0.286. The molecule has 0 amide bonds. The third kappa shape index (κ3) is 1.41. The highest BCUT2D eigenvalue weighted by Crippen LogP contribution is 2.20. The fourth-order valence-electron chi connectivity index (χ4n) is 0.683. The van der Waals surface area contributed by atoms with Gasteiger partial charge >= 0.3 is 5.97 Å². The molecule has 0 radical (unpaired) electrons. The number of hydrogen-bond donors (Lipinski definition) is 2. The first kappa shape index (κ1) is 8.23. The van der Waals surface area contributed by atoms with E-state index >= 15 is 0 Å². The summed E-state index contributed by atoms with van der Waals surface area (Å²) in [6.45, 7) is 1.48. The molecule has 1 aromatic heterocycles. The Labute approximate surface area is 68.5 Å². The highest BCUT2D eigenvalue weighted by atomic mass is 32.1. The maximum absolute atomic E-state index is 10.6. The van der Waals surface area contributed by atoms with Gasteiger partial charge in [0, 0.05) is 0 Å². The Morgan fingerprint density at radius 3 is 2.82 bits per heavy atom. The second-order valence-electron chi connectivity index (χ2n) is 2.52. The highest BCUT2D eigenvalue weighted by molar-refractivity contribution is 7.08. The van der Waals surface area contributed by atoms with Crippen LogP contribution in [0.3, 0.4) is 0 Å². The monoisotopic (exact) mass is 171 g/mol. The SMILES string of the molecule is C[C@@](N)(C(=O)O)c1ccsc1. The van der Waals surface area contributed by atoms with Gasteiger partial charge in [0.25, 0.3) is 0 Å². The Bertz CT molecular complexity index is 253. The van der Waals surface area contributed by atoms with E-state index in [1.807, 2.05) is 5.38 Å². The van der Waals surface area contributed by atoms with Crippen LogP contribution in [0.1, 0.15) is 12.5 Å². The average Bonchev–Trinajstić information content (AvgIpc) is 2.37. The van der Waals surface area contributed by atoms with Crippen molar-refractivity contribution >= 4 is 17.3 Å². The van der Waals surface area contributed by atoms with Gasteiger partial charge in [0.15, 0.2) is 0 Å². The molecule has 1 rings (SSSR count). The predicted octanol–water partition coefficient (Wildman–Crippen LogP) is 1.01. The number of aliphatic carboxylic acids is 1. The molecule has 3 nitrogen and oxygen atoms in total. The molecule has 0 aromatic carbocycles. The molecule has 0 saturated heterocycles. The van der Waals surface area contributed by atoms with Gasteiger partial charge in [-0.25, -0.2) is 4.79 Å². The van der Waals surface area contributed by atoms with Crippen LogP contribution in [-0.4, -0.2) is 11.1 Å². The molecule has 0 aliphatic heterocycles. The molecule has 0 unspecified atom stereocenters. The van der Waals surface area contributed by atoms with Gasteiger partial charge in [-0.05, 0) is 29.3 Å².